The normalized spacial score (nSPS) is 13.1. The molecule has 3 heteroatoms. The van der Waals surface area contributed by atoms with Crippen LogP contribution in [0.1, 0.15) is 18.9 Å². The third-order valence-electron chi connectivity index (χ3n) is 1.95. The smallest absolute Gasteiger partial charge is 0.0443 e. The van der Waals surface area contributed by atoms with Gasteiger partial charge in [0.05, 0.1) is 0 Å². The summed E-state index contributed by atoms with van der Waals surface area (Å²) in [5.74, 6) is 0. The molecule has 2 N–H and O–H groups in total. The average Bonchev–Trinajstić information content (AvgIpc) is 2.57. The highest BCUT2D eigenvalue weighted by molar-refractivity contribution is 7.07. The Morgan fingerprint density at radius 1 is 1.62 bits per heavy atom. The van der Waals surface area contributed by atoms with Crippen LogP contribution in [0.3, 0.4) is 0 Å². The van der Waals surface area contributed by atoms with Crippen LogP contribution in [0.25, 0.3) is 0 Å². The Morgan fingerprint density at radius 2 is 2.46 bits per heavy atom. The van der Waals surface area contributed by atoms with Gasteiger partial charge in [0.25, 0.3) is 0 Å². The lowest BCUT2D eigenvalue weighted by atomic mass is 10.1. The van der Waals surface area contributed by atoms with Gasteiger partial charge < -0.3 is 10.4 Å². The zero-order valence-corrected chi connectivity index (χ0v) is 8.81. The summed E-state index contributed by atoms with van der Waals surface area (Å²) in [6.45, 7) is 3.36. The van der Waals surface area contributed by atoms with Gasteiger partial charge in [0.1, 0.15) is 0 Å². The van der Waals surface area contributed by atoms with Gasteiger partial charge in [-0.3, -0.25) is 0 Å². The molecule has 0 aliphatic rings. The summed E-state index contributed by atoms with van der Waals surface area (Å²) >= 11 is 1.74. The molecule has 2 nitrogen and oxygen atoms in total. The fraction of sp³-hybridized carbons (Fsp3) is 0.600. The number of rotatable bonds is 6. The molecule has 0 aliphatic carbocycles. The van der Waals surface area contributed by atoms with E-state index in [0.717, 1.165) is 19.4 Å². The van der Waals surface area contributed by atoms with E-state index in [1.807, 2.05) is 0 Å². The lowest BCUT2D eigenvalue weighted by Crippen LogP contribution is -2.29. The Hall–Kier alpha value is -0.380. The van der Waals surface area contributed by atoms with E-state index in [9.17, 15) is 0 Å². The standard InChI is InChI=1S/C10H17NOS/c1-9(11-4-2-5-12)7-10-3-6-13-8-10/h3,6,8-9,11-12H,2,4-5,7H2,1H3. The van der Waals surface area contributed by atoms with Gasteiger partial charge in [0.2, 0.25) is 0 Å². The van der Waals surface area contributed by atoms with Gasteiger partial charge in [-0.05, 0) is 48.7 Å². The minimum atomic E-state index is 0.276. The third kappa shape index (κ3) is 4.41. The van der Waals surface area contributed by atoms with Gasteiger partial charge in [-0.2, -0.15) is 11.3 Å². The minimum absolute atomic E-state index is 0.276. The third-order valence-corrected chi connectivity index (χ3v) is 2.68. The monoisotopic (exact) mass is 199 g/mol. The van der Waals surface area contributed by atoms with Crippen LogP contribution in [0.15, 0.2) is 16.8 Å². The van der Waals surface area contributed by atoms with E-state index in [-0.39, 0.29) is 6.61 Å². The van der Waals surface area contributed by atoms with Gasteiger partial charge in [0.15, 0.2) is 0 Å². The maximum atomic E-state index is 8.60. The zero-order valence-electron chi connectivity index (χ0n) is 7.99. The fourth-order valence-corrected chi connectivity index (χ4v) is 1.94. The number of nitrogens with one attached hydrogen (secondary N) is 1. The van der Waals surface area contributed by atoms with Crippen molar-refractivity contribution in [2.24, 2.45) is 0 Å². The number of hydrogen-bond acceptors (Lipinski definition) is 3. The number of aliphatic hydroxyl groups excluding tert-OH is 1. The summed E-state index contributed by atoms with van der Waals surface area (Å²) in [6.07, 6.45) is 1.92. The van der Waals surface area contributed by atoms with Crippen LogP contribution < -0.4 is 5.32 Å². The first-order valence-electron chi connectivity index (χ1n) is 4.68. The van der Waals surface area contributed by atoms with Crippen LogP contribution in [0.4, 0.5) is 0 Å². The molecule has 0 bridgehead atoms. The van der Waals surface area contributed by atoms with Crippen LogP contribution in [-0.2, 0) is 6.42 Å². The molecule has 13 heavy (non-hydrogen) atoms. The summed E-state index contributed by atoms with van der Waals surface area (Å²) < 4.78 is 0. The van der Waals surface area contributed by atoms with Crippen molar-refractivity contribution in [1.29, 1.82) is 0 Å². The molecule has 0 aliphatic heterocycles. The lowest BCUT2D eigenvalue weighted by Gasteiger charge is -2.11. The molecule has 0 spiro atoms. The van der Waals surface area contributed by atoms with E-state index in [4.69, 9.17) is 5.11 Å². The predicted molar refractivity (Wildman–Crippen MR) is 57.2 cm³/mol. The van der Waals surface area contributed by atoms with Gasteiger partial charge in [-0.1, -0.05) is 0 Å². The van der Waals surface area contributed by atoms with Crippen LogP contribution in [0, 0.1) is 0 Å². The molecular weight excluding hydrogens is 182 g/mol. The van der Waals surface area contributed by atoms with Crippen molar-refractivity contribution < 1.29 is 5.11 Å². The van der Waals surface area contributed by atoms with Crippen molar-refractivity contribution in [2.45, 2.75) is 25.8 Å². The molecule has 1 aromatic heterocycles. The maximum absolute atomic E-state index is 8.60. The molecule has 0 fully saturated rings. The highest BCUT2D eigenvalue weighted by Gasteiger charge is 2.01. The van der Waals surface area contributed by atoms with Gasteiger partial charge in [-0.25, -0.2) is 0 Å². The minimum Gasteiger partial charge on any atom is -0.396 e. The summed E-state index contributed by atoms with van der Waals surface area (Å²) in [6, 6.07) is 2.66. The first-order valence-corrected chi connectivity index (χ1v) is 5.62. The second-order valence-electron chi connectivity index (χ2n) is 3.27. The largest absolute Gasteiger partial charge is 0.396 e. The molecule has 0 aromatic carbocycles. The Kier molecular flexibility index (Phi) is 5.05. The second-order valence-corrected chi connectivity index (χ2v) is 4.05. The molecule has 74 valence electrons. The molecule has 1 atom stereocenters. The Morgan fingerprint density at radius 3 is 3.08 bits per heavy atom. The SMILES string of the molecule is CC(Cc1ccsc1)NCCCO. The van der Waals surface area contributed by atoms with E-state index in [2.05, 4.69) is 29.1 Å². The number of thiophene rings is 1. The summed E-state index contributed by atoms with van der Waals surface area (Å²) in [5, 5.41) is 16.3. The van der Waals surface area contributed by atoms with Crippen LogP contribution in [-0.4, -0.2) is 24.3 Å². The number of hydrogen-bond donors (Lipinski definition) is 2. The van der Waals surface area contributed by atoms with Crippen molar-refractivity contribution in [3.63, 3.8) is 0 Å². The summed E-state index contributed by atoms with van der Waals surface area (Å²) in [4.78, 5) is 0. The van der Waals surface area contributed by atoms with E-state index in [1.165, 1.54) is 5.56 Å². The molecule has 1 unspecified atom stereocenters. The Bertz CT molecular complexity index is 211. The van der Waals surface area contributed by atoms with E-state index in [0.29, 0.717) is 6.04 Å². The molecular formula is C10H17NOS. The molecule has 1 rings (SSSR count). The van der Waals surface area contributed by atoms with Gasteiger partial charge in [-0.15, -0.1) is 0 Å². The van der Waals surface area contributed by atoms with E-state index in [1.54, 1.807) is 11.3 Å². The lowest BCUT2D eigenvalue weighted by molar-refractivity contribution is 0.283. The molecule has 1 heterocycles. The van der Waals surface area contributed by atoms with Gasteiger partial charge in [0, 0.05) is 12.6 Å². The number of aliphatic hydroxyl groups is 1. The van der Waals surface area contributed by atoms with Crippen LogP contribution >= 0.6 is 11.3 Å². The van der Waals surface area contributed by atoms with E-state index >= 15 is 0 Å². The summed E-state index contributed by atoms with van der Waals surface area (Å²) in [7, 11) is 0. The Balaban J connectivity index is 2.14. The van der Waals surface area contributed by atoms with Crippen molar-refractivity contribution in [2.75, 3.05) is 13.2 Å². The van der Waals surface area contributed by atoms with Crippen LogP contribution in [0.2, 0.25) is 0 Å². The van der Waals surface area contributed by atoms with Crippen molar-refractivity contribution in [3.05, 3.63) is 22.4 Å². The zero-order chi connectivity index (χ0) is 9.52. The van der Waals surface area contributed by atoms with Crippen molar-refractivity contribution in [1.82, 2.24) is 5.32 Å². The first kappa shape index (κ1) is 10.7. The second kappa shape index (κ2) is 6.13. The molecule has 1 aromatic rings. The first-order chi connectivity index (χ1) is 6.33. The topological polar surface area (TPSA) is 32.3 Å². The molecule has 0 radical (unpaired) electrons. The maximum Gasteiger partial charge on any atom is 0.0443 e. The fourth-order valence-electron chi connectivity index (χ4n) is 1.26. The highest BCUT2D eigenvalue weighted by atomic mass is 32.1. The molecule has 0 amide bonds. The molecule has 0 saturated carbocycles. The van der Waals surface area contributed by atoms with Crippen molar-refractivity contribution in [3.8, 4) is 0 Å². The average molecular weight is 199 g/mol. The van der Waals surface area contributed by atoms with Crippen LogP contribution in [0.5, 0.6) is 0 Å². The Labute approximate surface area is 83.6 Å². The quantitative estimate of drug-likeness (QED) is 0.683. The molecule has 0 saturated heterocycles. The van der Waals surface area contributed by atoms with Gasteiger partial charge >= 0.3 is 0 Å². The van der Waals surface area contributed by atoms with Crippen molar-refractivity contribution >= 4 is 11.3 Å². The highest BCUT2D eigenvalue weighted by Crippen LogP contribution is 2.08. The predicted octanol–water partition coefficient (Wildman–Crippen LogP) is 1.65. The summed E-state index contributed by atoms with van der Waals surface area (Å²) in [5.41, 5.74) is 1.40. The van der Waals surface area contributed by atoms with E-state index < -0.39 is 0 Å².